The molecule has 1 aromatic carbocycles. The molecule has 2 N–H and O–H groups in total. The van der Waals surface area contributed by atoms with Gasteiger partial charge in [-0.1, -0.05) is 13.8 Å². The third kappa shape index (κ3) is 4.53. The lowest BCUT2D eigenvalue weighted by atomic mass is 9.69. The van der Waals surface area contributed by atoms with E-state index in [1.54, 1.807) is 7.11 Å². The van der Waals surface area contributed by atoms with Gasteiger partial charge in [0.15, 0.2) is 11.5 Å². The fourth-order valence-electron chi connectivity index (χ4n) is 4.69. The van der Waals surface area contributed by atoms with E-state index in [-0.39, 0.29) is 17.9 Å². The van der Waals surface area contributed by atoms with Crippen LogP contribution in [0.25, 0.3) is 6.08 Å². The minimum atomic E-state index is -0.543. The Hall–Kier alpha value is -2.25. The largest absolute Gasteiger partial charge is 0.493 e. The highest BCUT2D eigenvalue weighted by atomic mass is 16.5. The van der Waals surface area contributed by atoms with Crippen molar-refractivity contribution in [1.82, 2.24) is 5.32 Å². The van der Waals surface area contributed by atoms with Crippen molar-refractivity contribution in [3.05, 3.63) is 23.3 Å². The molecule has 7 nitrogen and oxygen atoms in total. The smallest absolute Gasteiger partial charge is 0.249 e. The summed E-state index contributed by atoms with van der Waals surface area (Å²) in [4.78, 5) is 15.4. The van der Waals surface area contributed by atoms with E-state index >= 15 is 0 Å². The summed E-state index contributed by atoms with van der Waals surface area (Å²) in [5.41, 5.74) is 2.26. The topological polar surface area (TPSA) is 80.3 Å². The van der Waals surface area contributed by atoms with Gasteiger partial charge >= 0.3 is 0 Å². The summed E-state index contributed by atoms with van der Waals surface area (Å²) in [6, 6.07) is 3.84. The van der Waals surface area contributed by atoms with Gasteiger partial charge in [0.2, 0.25) is 5.91 Å². The SMILES string of the molecule is COc1ccc2c3c1OCCOCCN3CC(C(=O)NC1(CO)CCC(C)(C)CC1)=C2. The summed E-state index contributed by atoms with van der Waals surface area (Å²) in [5.74, 6) is 1.26. The van der Waals surface area contributed by atoms with Crippen LogP contribution in [0.1, 0.15) is 45.1 Å². The molecule has 0 saturated heterocycles. The lowest BCUT2D eigenvalue weighted by Gasteiger charge is -2.43. The Morgan fingerprint density at radius 2 is 1.97 bits per heavy atom. The zero-order chi connectivity index (χ0) is 22.1. The molecule has 0 bridgehead atoms. The van der Waals surface area contributed by atoms with E-state index < -0.39 is 5.54 Å². The minimum absolute atomic E-state index is 0.0363. The van der Waals surface area contributed by atoms with Crippen molar-refractivity contribution in [2.75, 3.05) is 51.5 Å². The van der Waals surface area contributed by atoms with Crippen molar-refractivity contribution in [2.45, 2.75) is 45.1 Å². The molecule has 31 heavy (non-hydrogen) atoms. The van der Waals surface area contributed by atoms with Crippen molar-refractivity contribution in [1.29, 1.82) is 0 Å². The van der Waals surface area contributed by atoms with E-state index in [0.29, 0.717) is 50.0 Å². The van der Waals surface area contributed by atoms with Gasteiger partial charge in [0.1, 0.15) is 6.61 Å². The van der Waals surface area contributed by atoms with Gasteiger partial charge in [-0.15, -0.1) is 0 Å². The maximum absolute atomic E-state index is 13.3. The van der Waals surface area contributed by atoms with Crippen LogP contribution in [-0.4, -0.2) is 63.2 Å². The molecule has 3 aliphatic rings. The number of amides is 1. The van der Waals surface area contributed by atoms with Gasteiger partial charge in [0.25, 0.3) is 0 Å². The fourth-order valence-corrected chi connectivity index (χ4v) is 4.69. The van der Waals surface area contributed by atoms with Gasteiger partial charge in [0, 0.05) is 24.2 Å². The van der Waals surface area contributed by atoms with Crippen molar-refractivity contribution in [3.63, 3.8) is 0 Å². The van der Waals surface area contributed by atoms with E-state index in [2.05, 4.69) is 24.1 Å². The Kier molecular flexibility index (Phi) is 6.17. The molecule has 2 heterocycles. The van der Waals surface area contributed by atoms with Crippen LogP contribution >= 0.6 is 0 Å². The number of methoxy groups -OCH3 is 1. The number of aliphatic hydroxyl groups is 1. The van der Waals surface area contributed by atoms with E-state index in [1.807, 2.05) is 18.2 Å². The number of nitrogens with one attached hydrogen (secondary N) is 1. The van der Waals surface area contributed by atoms with Gasteiger partial charge in [-0.05, 0) is 49.3 Å². The lowest BCUT2D eigenvalue weighted by molar-refractivity contribution is -0.120. The maximum atomic E-state index is 13.3. The molecular formula is C24H34N2O5. The lowest BCUT2D eigenvalue weighted by Crippen LogP contribution is -2.55. The molecule has 2 aliphatic heterocycles. The number of aliphatic hydroxyl groups excluding tert-OH is 1. The number of hydrogen-bond donors (Lipinski definition) is 2. The normalized spacial score (nSPS) is 22.1. The highest BCUT2D eigenvalue weighted by Crippen LogP contribution is 2.44. The summed E-state index contributed by atoms with van der Waals surface area (Å²) in [6.45, 7) is 7.09. The standard InChI is InChI=1S/C24H34N2O5/c1-23(2)6-8-24(16-27,9-7-23)25-22(28)18-14-17-4-5-19(29-3)21-20(17)26(15-18)10-11-30-12-13-31-21/h4-5,14,27H,6-13,15-16H2,1-3H3,(H,25,28). The zero-order valence-corrected chi connectivity index (χ0v) is 18.8. The Labute approximate surface area is 184 Å². The van der Waals surface area contributed by atoms with E-state index in [0.717, 1.165) is 36.9 Å². The number of nitrogens with zero attached hydrogens (tertiary/aromatic N) is 1. The molecular weight excluding hydrogens is 396 g/mol. The van der Waals surface area contributed by atoms with Gasteiger partial charge in [0.05, 0.1) is 38.2 Å². The van der Waals surface area contributed by atoms with Crippen molar-refractivity contribution >= 4 is 17.7 Å². The number of benzene rings is 1. The Morgan fingerprint density at radius 3 is 2.68 bits per heavy atom. The number of rotatable bonds is 4. The Morgan fingerprint density at radius 1 is 1.19 bits per heavy atom. The van der Waals surface area contributed by atoms with E-state index in [9.17, 15) is 9.90 Å². The number of carbonyl (C=O) groups is 1. The summed E-state index contributed by atoms with van der Waals surface area (Å²) in [7, 11) is 1.63. The first-order valence-corrected chi connectivity index (χ1v) is 11.2. The molecule has 0 aromatic heterocycles. The zero-order valence-electron chi connectivity index (χ0n) is 18.8. The summed E-state index contributed by atoms with van der Waals surface area (Å²) >= 11 is 0. The van der Waals surface area contributed by atoms with Crippen LogP contribution < -0.4 is 19.7 Å². The second-order valence-corrected chi connectivity index (χ2v) is 9.64. The molecule has 0 radical (unpaired) electrons. The van der Waals surface area contributed by atoms with Crippen LogP contribution in [0.15, 0.2) is 17.7 Å². The van der Waals surface area contributed by atoms with Crippen molar-refractivity contribution < 1.29 is 24.1 Å². The van der Waals surface area contributed by atoms with Gasteiger partial charge in [-0.2, -0.15) is 0 Å². The van der Waals surface area contributed by atoms with E-state index in [4.69, 9.17) is 14.2 Å². The molecule has 0 unspecified atom stereocenters. The molecule has 0 atom stereocenters. The number of ether oxygens (including phenoxy) is 3. The molecule has 1 fully saturated rings. The second kappa shape index (κ2) is 8.71. The molecule has 1 aliphatic carbocycles. The summed E-state index contributed by atoms with van der Waals surface area (Å²) in [5, 5.41) is 13.3. The van der Waals surface area contributed by atoms with E-state index in [1.165, 1.54) is 0 Å². The molecule has 7 heteroatoms. The van der Waals surface area contributed by atoms with Crippen LogP contribution in [0.4, 0.5) is 5.69 Å². The van der Waals surface area contributed by atoms with Crippen molar-refractivity contribution in [3.8, 4) is 11.5 Å². The third-order valence-electron chi connectivity index (χ3n) is 6.87. The molecule has 1 aromatic rings. The fraction of sp³-hybridized carbons (Fsp3) is 0.625. The molecule has 1 amide bonds. The van der Waals surface area contributed by atoms with Crippen LogP contribution in [0.2, 0.25) is 0 Å². The van der Waals surface area contributed by atoms with Crippen LogP contribution in [-0.2, 0) is 9.53 Å². The number of hydrogen-bond acceptors (Lipinski definition) is 6. The highest BCUT2D eigenvalue weighted by Gasteiger charge is 2.40. The maximum Gasteiger partial charge on any atom is 0.249 e. The molecule has 0 spiro atoms. The van der Waals surface area contributed by atoms with Crippen LogP contribution in [0.5, 0.6) is 11.5 Å². The van der Waals surface area contributed by atoms with Crippen molar-refractivity contribution in [2.24, 2.45) is 5.41 Å². The monoisotopic (exact) mass is 430 g/mol. The third-order valence-corrected chi connectivity index (χ3v) is 6.87. The summed E-state index contributed by atoms with van der Waals surface area (Å²) in [6.07, 6.45) is 5.49. The first kappa shape index (κ1) is 22.0. The first-order chi connectivity index (χ1) is 14.9. The Bertz CT molecular complexity index is 854. The second-order valence-electron chi connectivity index (χ2n) is 9.64. The Balaban J connectivity index is 1.62. The van der Waals surface area contributed by atoms with Gasteiger partial charge in [-0.3, -0.25) is 4.79 Å². The predicted octanol–water partition coefficient (Wildman–Crippen LogP) is 2.76. The predicted molar refractivity (Wildman–Crippen MR) is 120 cm³/mol. The molecule has 170 valence electrons. The van der Waals surface area contributed by atoms with Crippen LogP contribution in [0.3, 0.4) is 0 Å². The van der Waals surface area contributed by atoms with Gasteiger partial charge < -0.3 is 29.5 Å². The highest BCUT2D eigenvalue weighted by molar-refractivity contribution is 6.02. The average molecular weight is 431 g/mol. The molecule has 1 saturated carbocycles. The number of anilines is 1. The number of carbonyl (C=O) groups excluding carboxylic acids is 1. The van der Waals surface area contributed by atoms with Gasteiger partial charge in [-0.25, -0.2) is 0 Å². The summed E-state index contributed by atoms with van der Waals surface area (Å²) < 4.78 is 17.2. The first-order valence-electron chi connectivity index (χ1n) is 11.2. The van der Waals surface area contributed by atoms with Crippen LogP contribution in [0, 0.1) is 5.41 Å². The average Bonchev–Trinajstić information content (AvgIpc) is 2.87. The quantitative estimate of drug-likeness (QED) is 0.765. The minimum Gasteiger partial charge on any atom is -0.493 e. The molecule has 4 rings (SSSR count).